The highest BCUT2D eigenvalue weighted by Gasteiger charge is 2.75. The smallest absolute Gasteiger partial charge is 0.338 e. The van der Waals surface area contributed by atoms with Crippen molar-refractivity contribution < 1.29 is 48.0 Å². The van der Waals surface area contributed by atoms with Gasteiger partial charge in [-0.25, -0.2) is 14.0 Å². The van der Waals surface area contributed by atoms with Crippen LogP contribution in [-0.2, 0) is 30.5 Å². The van der Waals surface area contributed by atoms with Crippen LogP contribution < -0.4 is 11.1 Å². The summed E-state index contributed by atoms with van der Waals surface area (Å²) >= 11 is 0. The molecule has 5 N–H and O–H groups in total. The highest BCUT2D eigenvalue weighted by Crippen LogP contribution is 2.70. The lowest BCUT2D eigenvalue weighted by atomic mass is 9.44. The fourth-order valence-electron chi connectivity index (χ4n) is 11.1. The molecule has 0 bridgehead atoms. The lowest BCUT2D eigenvalue weighted by Crippen LogP contribution is -2.69. The summed E-state index contributed by atoms with van der Waals surface area (Å²) in [6.45, 7) is 4.42. The standard InChI is InChI=1S/C49H50FN3O9/c1-28-20-40-39-15-13-35-22-37(54)16-18-46(35,2)48(39,50)41(55)23-47(40,3)49(28,60)42(56)27-62-45(59)32-10-8-31(9-11-32)44(58)61-26-29-4-6-30(7-5-29)38(24-51)43(57)53-36-14-12-34-25-52-19-17-33(34)21-36/h4-12,14,16-19,21-22,25,28,38-41,55,60H,13,15,20,23-24,26-27,51H2,1-3H3,(H,53,57)/t28-,38?,39+,40+,41+,46+,47+,48+,49+/m1/s1. The van der Waals surface area contributed by atoms with Crippen LogP contribution in [0.1, 0.15) is 84.2 Å². The Hall–Kier alpha value is -5.89. The number of carbonyl (C=O) groups excluding carboxylic acids is 5. The largest absolute Gasteiger partial charge is 0.457 e. The molecule has 62 heavy (non-hydrogen) atoms. The first-order valence-electron chi connectivity index (χ1n) is 21.0. The number of esters is 2. The number of aliphatic hydroxyl groups is 2. The number of fused-ring (bicyclic) bond motifs is 6. The van der Waals surface area contributed by atoms with Crippen LogP contribution in [0.25, 0.3) is 10.8 Å². The Morgan fingerprint density at radius 2 is 1.65 bits per heavy atom. The second-order valence-electron chi connectivity index (χ2n) is 17.8. The van der Waals surface area contributed by atoms with E-state index in [1.807, 2.05) is 18.2 Å². The number of Topliss-reactive ketones (excluding diaryl/α,β-unsaturated/α-hetero) is 1. The van der Waals surface area contributed by atoms with Crippen molar-refractivity contribution in [2.24, 2.45) is 34.3 Å². The topological polar surface area (TPSA) is 195 Å². The molecule has 12 nitrogen and oxygen atoms in total. The first-order valence-corrected chi connectivity index (χ1v) is 21.0. The van der Waals surface area contributed by atoms with E-state index in [9.17, 15) is 34.2 Å². The fourth-order valence-corrected chi connectivity index (χ4v) is 11.1. The van der Waals surface area contributed by atoms with Gasteiger partial charge in [0.15, 0.2) is 18.1 Å². The summed E-state index contributed by atoms with van der Waals surface area (Å²) in [6, 6.07) is 20.0. The summed E-state index contributed by atoms with van der Waals surface area (Å²) < 4.78 is 28.4. The van der Waals surface area contributed by atoms with E-state index in [-0.39, 0.29) is 42.4 Å². The van der Waals surface area contributed by atoms with Gasteiger partial charge in [0.2, 0.25) is 11.7 Å². The number of anilines is 1. The Kier molecular flexibility index (Phi) is 11.1. The number of rotatable bonds is 11. The van der Waals surface area contributed by atoms with Crippen molar-refractivity contribution in [1.82, 2.24) is 4.98 Å². The van der Waals surface area contributed by atoms with Gasteiger partial charge in [-0.3, -0.25) is 19.4 Å². The molecule has 13 heteroatoms. The molecule has 4 aromatic rings. The number of pyridine rings is 1. The normalized spacial score (nSPS) is 30.3. The van der Waals surface area contributed by atoms with E-state index in [1.54, 1.807) is 69.6 Å². The van der Waals surface area contributed by atoms with Crippen LogP contribution in [-0.4, -0.2) is 75.1 Å². The number of carbonyl (C=O) groups is 5. The van der Waals surface area contributed by atoms with Crippen LogP contribution in [0.15, 0.2) is 109 Å². The Morgan fingerprint density at radius 3 is 2.34 bits per heavy atom. The number of hydrogen-bond acceptors (Lipinski definition) is 11. The molecule has 4 aliphatic carbocycles. The maximum atomic E-state index is 17.5. The summed E-state index contributed by atoms with van der Waals surface area (Å²) in [7, 11) is 0. The molecule has 322 valence electrons. The van der Waals surface area contributed by atoms with E-state index >= 15 is 4.39 Å². The highest BCUT2D eigenvalue weighted by atomic mass is 19.1. The van der Waals surface area contributed by atoms with E-state index in [4.69, 9.17) is 15.2 Å². The van der Waals surface area contributed by atoms with Crippen molar-refractivity contribution in [2.45, 2.75) is 76.4 Å². The third-order valence-corrected chi connectivity index (χ3v) is 14.6. The number of aliphatic hydroxyl groups excluding tert-OH is 1. The van der Waals surface area contributed by atoms with Gasteiger partial charge in [-0.2, -0.15) is 0 Å². The average molecular weight is 844 g/mol. The maximum Gasteiger partial charge on any atom is 0.338 e. The number of aromatic nitrogens is 1. The Balaban J connectivity index is 0.850. The van der Waals surface area contributed by atoms with Gasteiger partial charge in [0, 0.05) is 46.8 Å². The monoisotopic (exact) mass is 843 g/mol. The SMILES string of the molecule is C[C@@H]1C[C@H]2[C@@H]3CCC4=CC(=O)C=C[C@]4(C)[C@@]3(F)[C@@H](O)C[C@]2(C)[C@@]1(O)C(=O)COC(=O)c1ccc(C(=O)OCc2ccc(C(CN)C(=O)Nc3ccc4cnccc4c3)cc2)cc1. The minimum absolute atomic E-state index is 0.0584. The lowest BCUT2D eigenvalue weighted by Gasteiger charge is -2.62. The number of hydrogen-bond donors (Lipinski definition) is 4. The quantitative estimate of drug-likeness (QED) is 0.123. The number of halogens is 1. The molecule has 4 aliphatic rings. The molecule has 9 atom stereocenters. The zero-order chi connectivity index (χ0) is 44.2. The summed E-state index contributed by atoms with van der Waals surface area (Å²) in [6.07, 6.45) is 7.20. The maximum absolute atomic E-state index is 17.5. The number of ketones is 2. The molecule has 1 aromatic heterocycles. The number of benzene rings is 3. The van der Waals surface area contributed by atoms with Crippen LogP contribution in [0.4, 0.5) is 10.1 Å². The molecule has 1 amide bonds. The van der Waals surface area contributed by atoms with Gasteiger partial charge >= 0.3 is 11.9 Å². The van der Waals surface area contributed by atoms with E-state index in [0.717, 1.165) is 10.8 Å². The van der Waals surface area contributed by atoms with E-state index in [0.29, 0.717) is 41.6 Å². The van der Waals surface area contributed by atoms with Gasteiger partial charge in [0.25, 0.3) is 0 Å². The predicted molar refractivity (Wildman–Crippen MR) is 227 cm³/mol. The number of nitrogens with one attached hydrogen (secondary N) is 1. The molecule has 8 rings (SSSR count). The second-order valence-corrected chi connectivity index (χ2v) is 17.8. The van der Waals surface area contributed by atoms with Gasteiger partial charge in [0.1, 0.15) is 12.2 Å². The van der Waals surface area contributed by atoms with Crippen LogP contribution in [0, 0.1) is 28.6 Å². The zero-order valence-corrected chi connectivity index (χ0v) is 34.8. The first kappa shape index (κ1) is 42.8. The fraction of sp³-hybridized carbons (Fsp3) is 0.388. The first-order chi connectivity index (χ1) is 29.5. The molecule has 1 unspecified atom stereocenters. The molecule has 3 aromatic carbocycles. The van der Waals surface area contributed by atoms with Crippen molar-refractivity contribution in [3.8, 4) is 0 Å². The summed E-state index contributed by atoms with van der Waals surface area (Å²) in [5.41, 5.74) is 2.33. The molecule has 0 radical (unpaired) electrons. The van der Waals surface area contributed by atoms with Crippen molar-refractivity contribution in [1.29, 1.82) is 0 Å². The van der Waals surface area contributed by atoms with Crippen LogP contribution in [0.5, 0.6) is 0 Å². The number of ether oxygens (including phenoxy) is 2. The molecule has 1 heterocycles. The van der Waals surface area contributed by atoms with Gasteiger partial charge in [-0.15, -0.1) is 0 Å². The van der Waals surface area contributed by atoms with Crippen LogP contribution >= 0.6 is 0 Å². The highest BCUT2D eigenvalue weighted by molar-refractivity contribution is 6.01. The van der Waals surface area contributed by atoms with Crippen molar-refractivity contribution in [2.75, 3.05) is 18.5 Å². The minimum atomic E-state index is -2.11. The number of allylic oxidation sites excluding steroid dienone is 4. The molecular formula is C49H50FN3O9. The van der Waals surface area contributed by atoms with Gasteiger partial charge in [0.05, 0.1) is 23.1 Å². The zero-order valence-electron chi connectivity index (χ0n) is 34.8. The summed E-state index contributed by atoms with van der Waals surface area (Å²) in [4.78, 5) is 69.4. The van der Waals surface area contributed by atoms with E-state index in [2.05, 4.69) is 10.3 Å². The molecule has 0 aliphatic heterocycles. The molecule has 0 saturated heterocycles. The van der Waals surface area contributed by atoms with Gasteiger partial charge in [-0.05, 0) is 116 Å². The van der Waals surface area contributed by atoms with E-state index < -0.39 is 76.2 Å². The van der Waals surface area contributed by atoms with Gasteiger partial charge < -0.3 is 30.7 Å². The Labute approximate surface area is 358 Å². The number of nitrogens with two attached hydrogens (primary N) is 1. The van der Waals surface area contributed by atoms with Crippen molar-refractivity contribution in [3.63, 3.8) is 0 Å². The second kappa shape index (κ2) is 16.1. The van der Waals surface area contributed by atoms with Crippen LogP contribution in [0.3, 0.4) is 0 Å². The van der Waals surface area contributed by atoms with Crippen LogP contribution in [0.2, 0.25) is 0 Å². The number of amides is 1. The average Bonchev–Trinajstić information content (AvgIpc) is 3.47. The molecular weight excluding hydrogens is 794 g/mol. The third kappa shape index (κ3) is 6.96. The van der Waals surface area contributed by atoms with Crippen molar-refractivity contribution >= 4 is 45.9 Å². The lowest BCUT2D eigenvalue weighted by molar-refractivity contribution is -0.219. The number of nitrogens with zero attached hydrogens (tertiary/aromatic N) is 1. The third-order valence-electron chi connectivity index (χ3n) is 14.6. The summed E-state index contributed by atoms with van der Waals surface area (Å²) in [5, 5.41) is 28.7. The Morgan fingerprint density at radius 1 is 0.952 bits per heavy atom. The van der Waals surface area contributed by atoms with E-state index in [1.165, 1.54) is 36.4 Å². The summed E-state index contributed by atoms with van der Waals surface area (Å²) in [5.74, 6) is -5.09. The number of alkyl halides is 1. The molecule has 3 saturated carbocycles. The molecule has 0 spiro atoms. The van der Waals surface area contributed by atoms with Gasteiger partial charge in [-0.1, -0.05) is 55.8 Å². The minimum Gasteiger partial charge on any atom is -0.457 e. The van der Waals surface area contributed by atoms with Crippen molar-refractivity contribution in [3.05, 3.63) is 131 Å². The Bertz CT molecular complexity index is 2520. The molecule has 3 fully saturated rings. The predicted octanol–water partition coefficient (Wildman–Crippen LogP) is 6.35.